The fourth-order valence-corrected chi connectivity index (χ4v) is 3.39. The fraction of sp³-hybridized carbons (Fsp3) is 0.600. The van der Waals surface area contributed by atoms with E-state index in [1.54, 1.807) is 0 Å². The highest BCUT2D eigenvalue weighted by Crippen LogP contribution is 2.36. The molecule has 0 aliphatic carbocycles. The van der Waals surface area contributed by atoms with Crippen LogP contribution in [0.15, 0.2) is 24.3 Å². The number of rotatable bonds is 8. The van der Waals surface area contributed by atoms with Crippen molar-refractivity contribution < 1.29 is 31.9 Å². The minimum atomic E-state index is -4.48. The fourth-order valence-electron chi connectivity index (χ4n) is 2.33. The molecule has 164 valence electrons. The molecule has 0 aliphatic rings. The van der Waals surface area contributed by atoms with Crippen molar-refractivity contribution in [1.29, 1.82) is 0 Å². The molecule has 0 unspecified atom stereocenters. The number of ether oxygens (including phenoxy) is 1. The van der Waals surface area contributed by atoms with Crippen LogP contribution < -0.4 is 5.32 Å². The first-order valence-corrected chi connectivity index (χ1v) is 12.3. The minimum Gasteiger partial charge on any atom is -0.467 e. The van der Waals surface area contributed by atoms with Crippen molar-refractivity contribution in [3.05, 3.63) is 35.4 Å². The molecule has 1 atom stereocenters. The Morgan fingerprint density at radius 1 is 1.17 bits per heavy atom. The molecule has 5 nitrogen and oxygen atoms in total. The van der Waals surface area contributed by atoms with Crippen LogP contribution in [-0.2, 0) is 31.3 Å². The highest BCUT2D eigenvalue weighted by atomic mass is 28.4. The van der Waals surface area contributed by atoms with Gasteiger partial charge in [-0.3, -0.25) is 4.79 Å². The smallest absolute Gasteiger partial charge is 0.416 e. The highest BCUT2D eigenvalue weighted by Gasteiger charge is 2.37. The zero-order valence-electron chi connectivity index (χ0n) is 17.8. The summed E-state index contributed by atoms with van der Waals surface area (Å²) < 4.78 is 49.2. The average Bonchev–Trinajstić information content (AvgIpc) is 2.58. The van der Waals surface area contributed by atoms with E-state index in [9.17, 15) is 22.8 Å². The summed E-state index contributed by atoms with van der Waals surface area (Å²) in [4.78, 5) is 24.3. The molecule has 9 heteroatoms. The normalized spacial score (nSPS) is 13.7. The monoisotopic (exact) mass is 433 g/mol. The third-order valence-electron chi connectivity index (χ3n) is 5.12. The third-order valence-corrected chi connectivity index (χ3v) is 9.65. The van der Waals surface area contributed by atoms with Gasteiger partial charge in [-0.2, -0.15) is 13.2 Å². The summed E-state index contributed by atoms with van der Waals surface area (Å²) in [5.41, 5.74) is -0.617. The Balaban J connectivity index is 2.74. The van der Waals surface area contributed by atoms with Crippen molar-refractivity contribution in [1.82, 2.24) is 5.32 Å². The van der Waals surface area contributed by atoms with E-state index in [0.717, 1.165) is 12.1 Å². The Morgan fingerprint density at radius 3 is 2.31 bits per heavy atom. The number of halogens is 3. The number of carbonyl (C=O) groups is 2. The third kappa shape index (κ3) is 7.81. The topological polar surface area (TPSA) is 64.6 Å². The number of carbonyl (C=O) groups excluding carboxylic acids is 2. The Morgan fingerprint density at radius 2 is 1.79 bits per heavy atom. The van der Waals surface area contributed by atoms with E-state index in [4.69, 9.17) is 9.16 Å². The van der Waals surface area contributed by atoms with Crippen LogP contribution in [-0.4, -0.2) is 40.0 Å². The van der Waals surface area contributed by atoms with E-state index in [0.29, 0.717) is 0 Å². The molecule has 1 rings (SSSR count). The molecule has 0 fully saturated rings. The number of benzene rings is 1. The first kappa shape index (κ1) is 25.2. The summed E-state index contributed by atoms with van der Waals surface area (Å²) in [5, 5.41) is 2.54. The van der Waals surface area contributed by atoms with E-state index in [1.165, 1.54) is 19.2 Å². The van der Waals surface area contributed by atoms with Crippen LogP contribution in [0.3, 0.4) is 0 Å². The summed E-state index contributed by atoms with van der Waals surface area (Å²) >= 11 is 0. The maximum absolute atomic E-state index is 12.8. The van der Waals surface area contributed by atoms with Crippen LogP contribution >= 0.6 is 0 Å². The van der Waals surface area contributed by atoms with E-state index in [-0.39, 0.29) is 30.1 Å². The van der Waals surface area contributed by atoms with E-state index >= 15 is 0 Å². The number of methoxy groups -OCH3 is 1. The summed E-state index contributed by atoms with van der Waals surface area (Å²) in [6.45, 7) is 10.7. The molecule has 1 aromatic carbocycles. The van der Waals surface area contributed by atoms with Gasteiger partial charge in [0.2, 0.25) is 5.91 Å². The summed E-state index contributed by atoms with van der Waals surface area (Å²) in [6, 6.07) is 3.62. The summed E-state index contributed by atoms with van der Waals surface area (Å²) in [5.74, 6) is -1.19. The predicted molar refractivity (Wildman–Crippen MR) is 107 cm³/mol. The predicted octanol–water partition coefficient (Wildman–Crippen LogP) is 4.32. The van der Waals surface area contributed by atoms with Crippen LogP contribution in [0.4, 0.5) is 13.2 Å². The lowest BCUT2D eigenvalue weighted by Gasteiger charge is -2.36. The largest absolute Gasteiger partial charge is 0.467 e. The first-order valence-electron chi connectivity index (χ1n) is 9.34. The van der Waals surface area contributed by atoms with Crippen molar-refractivity contribution in [2.75, 3.05) is 13.7 Å². The van der Waals surface area contributed by atoms with Crippen molar-refractivity contribution in [2.24, 2.45) is 0 Å². The van der Waals surface area contributed by atoms with Gasteiger partial charge in [0, 0.05) is 13.0 Å². The minimum absolute atomic E-state index is 0.000506. The number of hydrogen-bond acceptors (Lipinski definition) is 4. The SMILES string of the molecule is COC(=O)[C@H](CCO[Si](C)(C)C(C)(C)C)NC(=O)Cc1cccc(C(F)(F)F)c1. The van der Waals surface area contributed by atoms with Gasteiger partial charge in [0.15, 0.2) is 8.32 Å². The van der Waals surface area contributed by atoms with Gasteiger partial charge in [-0.1, -0.05) is 39.0 Å². The molecule has 0 aromatic heterocycles. The molecule has 0 aliphatic heterocycles. The standard InChI is InChI=1S/C20H30F3NO4Si/c1-19(2,3)29(5,6)28-11-10-16(18(26)27-4)24-17(25)13-14-8-7-9-15(12-14)20(21,22)23/h7-9,12,16H,10-11,13H2,1-6H3,(H,24,25)/t16-/m0/s1. The second kappa shape index (κ2) is 9.75. The summed E-state index contributed by atoms with van der Waals surface area (Å²) in [6.07, 6.45) is -4.55. The molecular weight excluding hydrogens is 403 g/mol. The average molecular weight is 434 g/mol. The second-order valence-corrected chi connectivity index (χ2v) is 13.2. The highest BCUT2D eigenvalue weighted by molar-refractivity contribution is 6.74. The molecule has 0 saturated carbocycles. The Hall–Kier alpha value is -1.87. The quantitative estimate of drug-likeness (QED) is 0.490. The molecule has 0 bridgehead atoms. The lowest BCUT2D eigenvalue weighted by molar-refractivity contribution is -0.145. The van der Waals surface area contributed by atoms with Gasteiger partial charge in [0.25, 0.3) is 0 Å². The molecular formula is C20H30F3NO4Si. The van der Waals surface area contributed by atoms with Crippen molar-refractivity contribution in [3.8, 4) is 0 Å². The Kier molecular flexibility index (Phi) is 8.46. The number of alkyl halides is 3. The maximum Gasteiger partial charge on any atom is 0.416 e. The molecule has 0 saturated heterocycles. The van der Waals surface area contributed by atoms with Gasteiger partial charge >= 0.3 is 12.1 Å². The van der Waals surface area contributed by atoms with E-state index in [2.05, 4.69) is 39.2 Å². The Bertz CT molecular complexity index is 714. The van der Waals surface area contributed by atoms with Crippen LogP contribution in [0, 0.1) is 0 Å². The number of nitrogens with one attached hydrogen (secondary N) is 1. The zero-order valence-corrected chi connectivity index (χ0v) is 18.8. The molecule has 1 N–H and O–H groups in total. The van der Waals surface area contributed by atoms with Crippen molar-refractivity contribution >= 4 is 20.2 Å². The molecule has 1 amide bonds. The van der Waals surface area contributed by atoms with Gasteiger partial charge < -0.3 is 14.5 Å². The molecule has 0 radical (unpaired) electrons. The maximum atomic E-state index is 12.8. The van der Waals surface area contributed by atoms with Gasteiger partial charge in [-0.15, -0.1) is 0 Å². The van der Waals surface area contributed by atoms with Gasteiger partial charge in [0.05, 0.1) is 19.1 Å². The van der Waals surface area contributed by atoms with Crippen LogP contribution in [0.1, 0.15) is 38.3 Å². The van der Waals surface area contributed by atoms with Gasteiger partial charge in [0.1, 0.15) is 6.04 Å². The number of amides is 1. The summed E-state index contributed by atoms with van der Waals surface area (Å²) in [7, 11) is -0.802. The van der Waals surface area contributed by atoms with Gasteiger partial charge in [-0.05, 0) is 29.8 Å². The number of hydrogen-bond donors (Lipinski definition) is 1. The van der Waals surface area contributed by atoms with Crippen molar-refractivity contribution in [3.63, 3.8) is 0 Å². The molecule has 29 heavy (non-hydrogen) atoms. The van der Waals surface area contributed by atoms with Gasteiger partial charge in [-0.25, -0.2) is 4.79 Å². The van der Waals surface area contributed by atoms with Crippen LogP contribution in [0.2, 0.25) is 18.1 Å². The zero-order chi connectivity index (χ0) is 22.5. The van der Waals surface area contributed by atoms with Crippen LogP contribution in [0.25, 0.3) is 0 Å². The van der Waals surface area contributed by atoms with Crippen molar-refractivity contribution in [2.45, 2.75) is 64.0 Å². The molecule has 0 heterocycles. The lowest BCUT2D eigenvalue weighted by Crippen LogP contribution is -2.45. The second-order valence-electron chi connectivity index (χ2n) is 8.42. The first-order chi connectivity index (χ1) is 13.2. The lowest BCUT2D eigenvalue weighted by atomic mass is 10.1. The Labute approximate surface area is 171 Å². The number of esters is 1. The molecule has 1 aromatic rings. The van der Waals surface area contributed by atoms with Crippen LogP contribution in [0.5, 0.6) is 0 Å². The molecule has 0 spiro atoms. The van der Waals surface area contributed by atoms with E-state index in [1.807, 2.05) is 0 Å². The van der Waals surface area contributed by atoms with E-state index < -0.39 is 38.0 Å².